The van der Waals surface area contributed by atoms with Crippen LogP contribution in [0.1, 0.15) is 64.9 Å². The van der Waals surface area contributed by atoms with Crippen molar-refractivity contribution in [1.82, 2.24) is 9.88 Å². The van der Waals surface area contributed by atoms with Crippen LogP contribution in [-0.4, -0.2) is 17.3 Å². The largest absolute Gasteiger partial charge is 0.454 e. The van der Waals surface area contributed by atoms with Crippen LogP contribution in [0.25, 0.3) is 0 Å². The molecule has 6 nitrogen and oxygen atoms in total. The number of hydrogen-bond acceptors (Lipinski definition) is 5. The SMILES string of the molecule is CCCc1c(C(=O)N[C@@H](CC)c2cccs2)c(=O)cc(C)n1Cc1ccc2c(c1)OCO2. The average Bonchev–Trinajstić information content (AvgIpc) is 3.46. The minimum Gasteiger partial charge on any atom is -0.454 e. The molecule has 1 atom stereocenters. The first-order valence-electron chi connectivity index (χ1n) is 11.0. The van der Waals surface area contributed by atoms with Crippen molar-refractivity contribution in [3.05, 3.63) is 79.4 Å². The summed E-state index contributed by atoms with van der Waals surface area (Å²) in [6.45, 7) is 6.77. The summed E-state index contributed by atoms with van der Waals surface area (Å²) in [6.07, 6.45) is 2.22. The highest BCUT2D eigenvalue weighted by molar-refractivity contribution is 7.10. The highest BCUT2D eigenvalue weighted by Gasteiger charge is 2.23. The Morgan fingerprint density at radius 2 is 2.00 bits per heavy atom. The van der Waals surface area contributed by atoms with Crippen molar-refractivity contribution >= 4 is 17.2 Å². The van der Waals surface area contributed by atoms with Crippen LogP contribution in [0.5, 0.6) is 11.5 Å². The van der Waals surface area contributed by atoms with Gasteiger partial charge >= 0.3 is 0 Å². The molecule has 3 aromatic rings. The third-order valence-corrected chi connectivity index (χ3v) is 6.70. The molecule has 0 fully saturated rings. The Morgan fingerprint density at radius 1 is 1.19 bits per heavy atom. The van der Waals surface area contributed by atoms with Crippen molar-refractivity contribution in [3.8, 4) is 11.5 Å². The first-order chi connectivity index (χ1) is 15.5. The van der Waals surface area contributed by atoms with Crippen molar-refractivity contribution < 1.29 is 14.3 Å². The van der Waals surface area contributed by atoms with E-state index in [2.05, 4.69) is 16.8 Å². The van der Waals surface area contributed by atoms with Crippen molar-refractivity contribution in [3.63, 3.8) is 0 Å². The molecule has 1 aliphatic rings. The van der Waals surface area contributed by atoms with Crippen LogP contribution in [0.2, 0.25) is 0 Å². The molecule has 0 bridgehead atoms. The summed E-state index contributed by atoms with van der Waals surface area (Å²) in [5.41, 5.74) is 2.64. The van der Waals surface area contributed by atoms with Crippen LogP contribution in [0, 0.1) is 6.92 Å². The maximum atomic E-state index is 13.3. The van der Waals surface area contributed by atoms with E-state index in [1.54, 1.807) is 17.4 Å². The van der Waals surface area contributed by atoms with Gasteiger partial charge < -0.3 is 19.4 Å². The van der Waals surface area contributed by atoms with E-state index < -0.39 is 0 Å². The van der Waals surface area contributed by atoms with Gasteiger partial charge in [-0.05, 0) is 48.9 Å². The van der Waals surface area contributed by atoms with E-state index in [-0.39, 0.29) is 29.7 Å². The molecule has 1 amide bonds. The summed E-state index contributed by atoms with van der Waals surface area (Å²) in [5, 5.41) is 5.09. The summed E-state index contributed by atoms with van der Waals surface area (Å²) in [5.74, 6) is 1.15. The molecule has 1 aromatic carbocycles. The van der Waals surface area contributed by atoms with Gasteiger partial charge in [0.2, 0.25) is 6.79 Å². The maximum absolute atomic E-state index is 13.3. The fourth-order valence-corrected chi connectivity index (χ4v) is 4.97. The molecular weight excluding hydrogens is 424 g/mol. The number of aromatic nitrogens is 1. The van der Waals surface area contributed by atoms with Gasteiger partial charge in [0.05, 0.1) is 6.04 Å². The molecular formula is C25H28N2O4S. The van der Waals surface area contributed by atoms with E-state index in [4.69, 9.17) is 9.47 Å². The normalized spacial score (nSPS) is 13.2. The van der Waals surface area contributed by atoms with E-state index in [0.717, 1.165) is 46.2 Å². The molecule has 7 heteroatoms. The zero-order valence-corrected chi connectivity index (χ0v) is 19.5. The molecule has 32 heavy (non-hydrogen) atoms. The van der Waals surface area contributed by atoms with Gasteiger partial charge in [0.25, 0.3) is 5.91 Å². The quantitative estimate of drug-likeness (QED) is 0.532. The molecule has 0 saturated carbocycles. The van der Waals surface area contributed by atoms with Crippen LogP contribution >= 0.6 is 11.3 Å². The van der Waals surface area contributed by atoms with Crippen molar-refractivity contribution in [2.24, 2.45) is 0 Å². The zero-order valence-electron chi connectivity index (χ0n) is 18.6. The van der Waals surface area contributed by atoms with Gasteiger partial charge in [-0.15, -0.1) is 11.3 Å². The number of ether oxygens (including phenoxy) is 2. The predicted molar refractivity (Wildman–Crippen MR) is 126 cm³/mol. The second-order valence-corrected chi connectivity index (χ2v) is 8.92. The molecule has 1 aliphatic heterocycles. The Balaban J connectivity index is 1.71. The minimum atomic E-state index is -0.307. The van der Waals surface area contributed by atoms with Gasteiger partial charge in [0, 0.05) is 28.9 Å². The van der Waals surface area contributed by atoms with Crippen molar-refractivity contribution in [1.29, 1.82) is 0 Å². The first kappa shape index (κ1) is 22.1. The number of nitrogens with zero attached hydrogens (tertiary/aromatic N) is 1. The number of pyridine rings is 1. The Morgan fingerprint density at radius 3 is 2.72 bits per heavy atom. The fraction of sp³-hybridized carbons (Fsp3) is 0.360. The zero-order chi connectivity index (χ0) is 22.7. The molecule has 2 aromatic heterocycles. The van der Waals surface area contributed by atoms with Crippen molar-refractivity contribution in [2.45, 2.75) is 52.6 Å². The van der Waals surface area contributed by atoms with E-state index >= 15 is 0 Å². The summed E-state index contributed by atoms with van der Waals surface area (Å²) in [6, 6.07) is 11.3. The van der Waals surface area contributed by atoms with Crippen LogP contribution in [0.15, 0.2) is 46.6 Å². The van der Waals surface area contributed by atoms with Gasteiger partial charge in [0.1, 0.15) is 5.56 Å². The molecule has 0 unspecified atom stereocenters. The lowest BCUT2D eigenvalue weighted by Gasteiger charge is -2.22. The molecule has 168 valence electrons. The van der Waals surface area contributed by atoms with Gasteiger partial charge in [-0.3, -0.25) is 9.59 Å². The lowest BCUT2D eigenvalue weighted by Crippen LogP contribution is -2.34. The monoisotopic (exact) mass is 452 g/mol. The van der Waals surface area contributed by atoms with E-state index in [1.165, 1.54) is 0 Å². The highest BCUT2D eigenvalue weighted by Crippen LogP contribution is 2.33. The lowest BCUT2D eigenvalue weighted by molar-refractivity contribution is 0.0933. The predicted octanol–water partition coefficient (Wildman–Crippen LogP) is 4.83. The van der Waals surface area contributed by atoms with E-state index in [9.17, 15) is 9.59 Å². The Hall–Kier alpha value is -3.06. The molecule has 0 aliphatic carbocycles. The van der Waals surface area contributed by atoms with Crippen LogP contribution < -0.4 is 20.2 Å². The molecule has 0 saturated heterocycles. The van der Waals surface area contributed by atoms with E-state index in [0.29, 0.717) is 13.0 Å². The second kappa shape index (κ2) is 9.61. The number of rotatable bonds is 8. The highest BCUT2D eigenvalue weighted by atomic mass is 32.1. The summed E-state index contributed by atoms with van der Waals surface area (Å²) >= 11 is 1.61. The third-order valence-electron chi connectivity index (χ3n) is 5.72. The summed E-state index contributed by atoms with van der Waals surface area (Å²) < 4.78 is 13.0. The standard InChI is InChI=1S/C25H28N2O4S/c1-4-7-19-24(25(29)26-18(5-2)23-8-6-11-32-23)20(28)12-16(3)27(19)14-17-9-10-21-22(13-17)31-15-30-21/h6,8-13,18H,4-5,7,14-15H2,1-3H3,(H,26,29)/t18-/m0/s1. The van der Waals surface area contributed by atoms with Crippen molar-refractivity contribution in [2.75, 3.05) is 6.79 Å². The Bertz CT molecular complexity index is 1170. The molecule has 4 rings (SSSR count). The number of fused-ring (bicyclic) bond motifs is 1. The van der Waals surface area contributed by atoms with Crippen LogP contribution in [-0.2, 0) is 13.0 Å². The second-order valence-electron chi connectivity index (χ2n) is 7.95. The minimum absolute atomic E-state index is 0.111. The number of amides is 1. The average molecular weight is 453 g/mol. The topological polar surface area (TPSA) is 69.6 Å². The number of carbonyl (C=O) groups excluding carboxylic acids is 1. The number of aryl methyl sites for hydroxylation is 1. The number of thiophene rings is 1. The number of carbonyl (C=O) groups is 1. The molecule has 1 N–H and O–H groups in total. The number of nitrogens with one attached hydrogen (secondary N) is 1. The van der Waals surface area contributed by atoms with Gasteiger partial charge in [0.15, 0.2) is 16.9 Å². The molecule has 0 radical (unpaired) electrons. The first-order valence-corrected chi connectivity index (χ1v) is 11.9. The van der Waals surface area contributed by atoms with Crippen LogP contribution in [0.4, 0.5) is 0 Å². The number of hydrogen-bond donors (Lipinski definition) is 1. The van der Waals surface area contributed by atoms with E-state index in [1.807, 2.05) is 49.6 Å². The summed E-state index contributed by atoms with van der Waals surface area (Å²) in [7, 11) is 0. The maximum Gasteiger partial charge on any atom is 0.257 e. The molecule has 0 spiro atoms. The van der Waals surface area contributed by atoms with Gasteiger partial charge in [-0.2, -0.15) is 0 Å². The lowest BCUT2D eigenvalue weighted by atomic mass is 10.0. The summed E-state index contributed by atoms with van der Waals surface area (Å²) in [4.78, 5) is 27.4. The smallest absolute Gasteiger partial charge is 0.257 e. The van der Waals surface area contributed by atoms with Gasteiger partial charge in [-0.25, -0.2) is 0 Å². The molecule has 3 heterocycles. The number of benzene rings is 1. The van der Waals surface area contributed by atoms with Gasteiger partial charge in [-0.1, -0.05) is 32.4 Å². The Kier molecular flexibility index (Phi) is 6.65. The third kappa shape index (κ3) is 4.43. The van der Waals surface area contributed by atoms with Crippen LogP contribution in [0.3, 0.4) is 0 Å². The Labute approximate surface area is 191 Å². The fourth-order valence-electron chi connectivity index (χ4n) is 4.11.